The van der Waals surface area contributed by atoms with Gasteiger partial charge in [-0.1, -0.05) is 0 Å². The fourth-order valence-corrected chi connectivity index (χ4v) is 0.882. The summed E-state index contributed by atoms with van der Waals surface area (Å²) in [7, 11) is 0. The van der Waals surface area contributed by atoms with Gasteiger partial charge in [0.1, 0.15) is 6.33 Å². The van der Waals surface area contributed by atoms with E-state index in [4.69, 9.17) is 10.2 Å². The molecule has 0 fully saturated rings. The van der Waals surface area contributed by atoms with Gasteiger partial charge in [-0.3, -0.25) is 5.10 Å². The lowest BCUT2D eigenvalue weighted by molar-refractivity contribution is 0.504. The number of aromatic amines is 1. The zero-order chi connectivity index (χ0) is 9.10. The summed E-state index contributed by atoms with van der Waals surface area (Å²) in [4.78, 5) is 3.87. The van der Waals surface area contributed by atoms with E-state index in [2.05, 4.69) is 25.4 Å². The molecule has 0 aliphatic rings. The van der Waals surface area contributed by atoms with Crippen LogP contribution in [0.5, 0.6) is 0 Å². The van der Waals surface area contributed by atoms with Crippen LogP contribution in [0.3, 0.4) is 0 Å². The molecule has 13 heavy (non-hydrogen) atoms. The Balaban J connectivity index is 2.23. The summed E-state index contributed by atoms with van der Waals surface area (Å²) >= 11 is 0. The second-order valence-electron chi connectivity index (χ2n) is 2.37. The molecule has 0 saturated carbocycles. The van der Waals surface area contributed by atoms with Crippen LogP contribution in [0.1, 0.15) is 5.89 Å². The molecule has 2 aromatic rings. The van der Waals surface area contributed by atoms with Gasteiger partial charge in [0.15, 0.2) is 0 Å². The minimum Gasteiger partial charge on any atom is -0.418 e. The van der Waals surface area contributed by atoms with Crippen molar-refractivity contribution in [1.29, 1.82) is 0 Å². The molecule has 7 nitrogen and oxygen atoms in total. The second-order valence-corrected chi connectivity index (χ2v) is 2.37. The summed E-state index contributed by atoms with van der Waals surface area (Å²) in [6.45, 7) is 0.484. The Morgan fingerprint density at radius 3 is 3.08 bits per heavy atom. The second kappa shape index (κ2) is 3.31. The Bertz CT molecular complexity index is 366. The molecule has 3 N–H and O–H groups in total. The summed E-state index contributed by atoms with van der Waals surface area (Å²) < 4.78 is 5.23. The standard InChI is InChI=1S/C6H8N6O/c7-2-1-4-10-12-6(13-4)5-8-3-9-11-5/h3H,1-2,7H2,(H,8,9,11). The third-order valence-corrected chi connectivity index (χ3v) is 1.44. The van der Waals surface area contributed by atoms with Gasteiger partial charge in [0, 0.05) is 13.0 Å². The Hall–Kier alpha value is -1.76. The van der Waals surface area contributed by atoms with Crippen LogP contribution in [0.2, 0.25) is 0 Å². The van der Waals surface area contributed by atoms with E-state index in [1.807, 2.05) is 0 Å². The van der Waals surface area contributed by atoms with Crippen LogP contribution >= 0.6 is 0 Å². The van der Waals surface area contributed by atoms with Gasteiger partial charge < -0.3 is 10.2 Å². The van der Waals surface area contributed by atoms with Gasteiger partial charge >= 0.3 is 0 Å². The lowest BCUT2D eigenvalue weighted by Gasteiger charge is -1.86. The molecule has 68 valence electrons. The quantitative estimate of drug-likeness (QED) is 0.650. The fourth-order valence-electron chi connectivity index (χ4n) is 0.882. The van der Waals surface area contributed by atoms with Crippen LogP contribution in [-0.2, 0) is 6.42 Å². The Morgan fingerprint density at radius 1 is 1.46 bits per heavy atom. The van der Waals surface area contributed by atoms with E-state index in [1.165, 1.54) is 6.33 Å². The van der Waals surface area contributed by atoms with Gasteiger partial charge in [-0.25, -0.2) is 4.98 Å². The highest BCUT2D eigenvalue weighted by Crippen LogP contribution is 2.10. The van der Waals surface area contributed by atoms with E-state index in [1.54, 1.807) is 0 Å². The van der Waals surface area contributed by atoms with Gasteiger partial charge in [-0.15, -0.1) is 10.2 Å². The first kappa shape index (κ1) is 7.87. The van der Waals surface area contributed by atoms with Crippen molar-refractivity contribution in [1.82, 2.24) is 25.4 Å². The first-order chi connectivity index (χ1) is 6.40. The number of nitrogens with one attached hydrogen (secondary N) is 1. The highest BCUT2D eigenvalue weighted by molar-refractivity contribution is 5.36. The molecular formula is C6H8N6O. The van der Waals surface area contributed by atoms with Crippen LogP contribution in [-0.4, -0.2) is 31.9 Å². The van der Waals surface area contributed by atoms with E-state index in [-0.39, 0.29) is 0 Å². The fraction of sp³-hybridized carbons (Fsp3) is 0.333. The summed E-state index contributed by atoms with van der Waals surface area (Å²) in [5, 5.41) is 13.8. The number of aromatic nitrogens is 5. The van der Waals surface area contributed by atoms with Crippen molar-refractivity contribution in [2.75, 3.05) is 6.54 Å². The first-order valence-corrected chi connectivity index (χ1v) is 3.78. The number of H-pyrrole nitrogens is 1. The topological polar surface area (TPSA) is 107 Å². The van der Waals surface area contributed by atoms with Gasteiger partial charge in [0.2, 0.25) is 11.7 Å². The van der Waals surface area contributed by atoms with Crippen molar-refractivity contribution >= 4 is 0 Å². The average molecular weight is 180 g/mol. The molecular weight excluding hydrogens is 172 g/mol. The Kier molecular flexibility index (Phi) is 2.01. The monoisotopic (exact) mass is 180 g/mol. The van der Waals surface area contributed by atoms with Gasteiger partial charge in [0.25, 0.3) is 5.89 Å². The third kappa shape index (κ3) is 1.54. The predicted octanol–water partition coefficient (Wildman–Crippen LogP) is -0.644. The van der Waals surface area contributed by atoms with Crippen molar-refractivity contribution in [2.45, 2.75) is 6.42 Å². The molecule has 2 heterocycles. The number of nitrogens with two attached hydrogens (primary N) is 1. The van der Waals surface area contributed by atoms with E-state index >= 15 is 0 Å². The van der Waals surface area contributed by atoms with E-state index in [0.29, 0.717) is 30.6 Å². The average Bonchev–Trinajstić information content (AvgIpc) is 2.70. The molecule has 2 aromatic heterocycles. The normalized spacial score (nSPS) is 10.5. The molecule has 7 heteroatoms. The van der Waals surface area contributed by atoms with Crippen molar-refractivity contribution in [2.24, 2.45) is 5.73 Å². The maximum atomic E-state index is 5.32. The molecule has 0 amide bonds. The zero-order valence-corrected chi connectivity index (χ0v) is 6.77. The van der Waals surface area contributed by atoms with Crippen molar-refractivity contribution < 1.29 is 4.42 Å². The minimum absolute atomic E-state index is 0.334. The number of hydrogen-bond acceptors (Lipinski definition) is 6. The zero-order valence-electron chi connectivity index (χ0n) is 6.77. The lowest BCUT2D eigenvalue weighted by Crippen LogP contribution is -2.02. The molecule has 0 saturated heterocycles. The molecule has 0 spiro atoms. The molecule has 0 radical (unpaired) electrons. The van der Waals surface area contributed by atoms with Gasteiger partial charge in [0.05, 0.1) is 0 Å². The summed E-state index contributed by atoms with van der Waals surface area (Å²) in [5.41, 5.74) is 5.32. The predicted molar refractivity (Wildman–Crippen MR) is 42.4 cm³/mol. The highest BCUT2D eigenvalue weighted by atomic mass is 16.4. The largest absolute Gasteiger partial charge is 0.418 e. The van der Waals surface area contributed by atoms with Crippen LogP contribution < -0.4 is 5.73 Å². The number of nitrogens with zero attached hydrogens (tertiary/aromatic N) is 4. The number of hydrogen-bond donors (Lipinski definition) is 2. The summed E-state index contributed by atoms with van der Waals surface area (Å²) in [5.74, 6) is 1.31. The maximum absolute atomic E-state index is 5.32. The molecule has 0 unspecified atom stereocenters. The SMILES string of the molecule is NCCc1nnc(-c2ncn[nH]2)o1. The van der Waals surface area contributed by atoms with Crippen LogP contribution in [0.25, 0.3) is 11.7 Å². The number of rotatable bonds is 3. The van der Waals surface area contributed by atoms with Crippen molar-refractivity contribution in [3.63, 3.8) is 0 Å². The molecule has 0 aliphatic heterocycles. The first-order valence-electron chi connectivity index (χ1n) is 3.78. The molecule has 0 aromatic carbocycles. The molecule has 0 atom stereocenters. The Labute approximate surface area is 73.4 Å². The highest BCUT2D eigenvalue weighted by Gasteiger charge is 2.09. The van der Waals surface area contributed by atoms with E-state index in [9.17, 15) is 0 Å². The van der Waals surface area contributed by atoms with Crippen LogP contribution in [0, 0.1) is 0 Å². The van der Waals surface area contributed by atoms with Crippen molar-refractivity contribution in [3.8, 4) is 11.7 Å². The van der Waals surface area contributed by atoms with Crippen LogP contribution in [0.15, 0.2) is 10.7 Å². The van der Waals surface area contributed by atoms with Crippen molar-refractivity contribution in [3.05, 3.63) is 12.2 Å². The maximum Gasteiger partial charge on any atom is 0.285 e. The molecule has 0 bridgehead atoms. The van der Waals surface area contributed by atoms with E-state index < -0.39 is 0 Å². The molecule has 0 aliphatic carbocycles. The van der Waals surface area contributed by atoms with Gasteiger partial charge in [-0.2, -0.15) is 5.10 Å². The summed E-state index contributed by atoms with van der Waals surface area (Å²) in [6, 6.07) is 0. The smallest absolute Gasteiger partial charge is 0.285 e. The summed E-state index contributed by atoms with van der Waals surface area (Å²) in [6.07, 6.45) is 1.95. The van der Waals surface area contributed by atoms with E-state index in [0.717, 1.165) is 0 Å². The third-order valence-electron chi connectivity index (χ3n) is 1.44. The minimum atomic E-state index is 0.334. The van der Waals surface area contributed by atoms with Crippen LogP contribution in [0.4, 0.5) is 0 Å². The van der Waals surface area contributed by atoms with Gasteiger partial charge in [-0.05, 0) is 0 Å². The lowest BCUT2D eigenvalue weighted by atomic mass is 10.4. The molecule has 2 rings (SSSR count). The Morgan fingerprint density at radius 2 is 2.38 bits per heavy atom.